The molecule has 0 saturated carbocycles. The van der Waals surface area contributed by atoms with Crippen LogP contribution in [0.2, 0.25) is 0 Å². The molecule has 1 aromatic carbocycles. The van der Waals surface area contributed by atoms with E-state index in [0.29, 0.717) is 47.4 Å². The van der Waals surface area contributed by atoms with Gasteiger partial charge in [-0.25, -0.2) is 19.2 Å². The fraction of sp³-hybridized carbons (Fsp3) is 0.250. The summed E-state index contributed by atoms with van der Waals surface area (Å²) in [6.45, 7) is 1.77. The Hall–Kier alpha value is -3.01. The van der Waals surface area contributed by atoms with Crippen LogP contribution in [0.1, 0.15) is 0 Å². The van der Waals surface area contributed by atoms with Gasteiger partial charge in [-0.2, -0.15) is 4.98 Å². The number of fused-ring (bicyclic) bond motifs is 1. The molecule has 2 aromatic heterocycles. The summed E-state index contributed by atoms with van der Waals surface area (Å²) in [5.74, 6) is 0.431. The molecular formula is C16H15FN6O2S. The van der Waals surface area contributed by atoms with Gasteiger partial charge < -0.3 is 20.6 Å². The molecule has 134 valence electrons. The Kier molecular flexibility index (Phi) is 4.03. The Labute approximate surface area is 151 Å². The number of nitrogens with two attached hydrogens (primary N) is 1. The number of nitrogens with zero attached hydrogens (tertiary/aromatic N) is 5. The quantitative estimate of drug-likeness (QED) is 0.708. The first kappa shape index (κ1) is 16.5. The van der Waals surface area contributed by atoms with Crippen LogP contribution < -0.4 is 10.6 Å². The van der Waals surface area contributed by atoms with Crippen LogP contribution in [0.25, 0.3) is 20.9 Å². The average molecular weight is 374 g/mol. The van der Waals surface area contributed by atoms with Gasteiger partial charge in [-0.05, 0) is 24.3 Å². The zero-order valence-corrected chi connectivity index (χ0v) is 14.4. The molecule has 0 spiro atoms. The highest BCUT2D eigenvalue weighted by Crippen LogP contribution is 2.34. The molecule has 0 bridgehead atoms. The van der Waals surface area contributed by atoms with Gasteiger partial charge in [0, 0.05) is 31.7 Å². The Morgan fingerprint density at radius 3 is 2.46 bits per heavy atom. The summed E-state index contributed by atoms with van der Waals surface area (Å²) in [4.78, 5) is 28.3. The lowest BCUT2D eigenvalue weighted by molar-refractivity contribution is 0.142. The van der Waals surface area contributed by atoms with Crippen molar-refractivity contribution in [2.24, 2.45) is 0 Å². The second-order valence-corrected chi connectivity index (χ2v) is 6.82. The summed E-state index contributed by atoms with van der Waals surface area (Å²) in [6, 6.07) is 6.09. The van der Waals surface area contributed by atoms with Gasteiger partial charge in [-0.1, -0.05) is 11.3 Å². The number of thiazole rings is 1. The first-order valence-electron chi connectivity index (χ1n) is 7.94. The molecule has 3 N–H and O–H groups in total. The van der Waals surface area contributed by atoms with Gasteiger partial charge >= 0.3 is 6.09 Å². The lowest BCUT2D eigenvalue weighted by atomic mass is 10.2. The number of benzene rings is 1. The minimum atomic E-state index is -0.927. The van der Waals surface area contributed by atoms with Crippen molar-refractivity contribution in [1.29, 1.82) is 0 Å². The van der Waals surface area contributed by atoms with Crippen molar-refractivity contribution in [1.82, 2.24) is 19.9 Å². The van der Waals surface area contributed by atoms with E-state index in [2.05, 4.69) is 15.0 Å². The molecule has 0 atom stereocenters. The predicted octanol–water partition coefficient (Wildman–Crippen LogP) is 2.27. The number of anilines is 2. The number of amides is 1. The van der Waals surface area contributed by atoms with Crippen LogP contribution >= 0.6 is 11.3 Å². The maximum absolute atomic E-state index is 13.1. The molecule has 0 radical (unpaired) electrons. The number of piperazine rings is 1. The Bertz CT molecular complexity index is 969. The minimum Gasteiger partial charge on any atom is -0.465 e. The zero-order chi connectivity index (χ0) is 18.3. The van der Waals surface area contributed by atoms with E-state index in [1.807, 2.05) is 4.90 Å². The summed E-state index contributed by atoms with van der Waals surface area (Å²) < 4.78 is 13.1. The first-order valence-corrected chi connectivity index (χ1v) is 8.76. The number of hydrogen-bond donors (Lipinski definition) is 2. The SMILES string of the molecule is Nc1nc(N2CCN(C(=O)O)CC2)c2nc(-c3ccc(F)cc3)sc2n1. The molecular weight excluding hydrogens is 359 g/mol. The van der Waals surface area contributed by atoms with Gasteiger partial charge in [-0.15, -0.1) is 0 Å². The maximum Gasteiger partial charge on any atom is 0.407 e. The number of aromatic nitrogens is 3. The zero-order valence-electron chi connectivity index (χ0n) is 13.6. The molecule has 10 heteroatoms. The highest BCUT2D eigenvalue weighted by atomic mass is 32.1. The summed E-state index contributed by atoms with van der Waals surface area (Å²) in [5, 5.41) is 9.78. The van der Waals surface area contributed by atoms with Crippen LogP contribution in [-0.2, 0) is 0 Å². The van der Waals surface area contributed by atoms with Crippen molar-refractivity contribution >= 4 is 39.5 Å². The molecule has 1 aliphatic heterocycles. The second-order valence-electron chi connectivity index (χ2n) is 5.84. The molecule has 8 nitrogen and oxygen atoms in total. The Morgan fingerprint density at radius 2 is 1.81 bits per heavy atom. The van der Waals surface area contributed by atoms with Crippen molar-refractivity contribution in [2.75, 3.05) is 36.8 Å². The number of carbonyl (C=O) groups is 1. The third-order valence-electron chi connectivity index (χ3n) is 4.20. The van der Waals surface area contributed by atoms with Gasteiger partial charge in [0.15, 0.2) is 10.6 Å². The van der Waals surface area contributed by atoms with Crippen molar-refractivity contribution < 1.29 is 14.3 Å². The van der Waals surface area contributed by atoms with E-state index in [1.54, 1.807) is 12.1 Å². The molecule has 4 rings (SSSR count). The molecule has 26 heavy (non-hydrogen) atoms. The summed E-state index contributed by atoms with van der Waals surface area (Å²) in [7, 11) is 0. The van der Waals surface area contributed by atoms with Crippen LogP contribution in [-0.4, -0.2) is 57.2 Å². The van der Waals surface area contributed by atoms with E-state index < -0.39 is 6.09 Å². The lowest BCUT2D eigenvalue weighted by Crippen LogP contribution is -2.48. The predicted molar refractivity (Wildman–Crippen MR) is 96.8 cm³/mol. The summed E-state index contributed by atoms with van der Waals surface area (Å²) in [6.07, 6.45) is -0.927. The topological polar surface area (TPSA) is 108 Å². The molecule has 1 saturated heterocycles. The summed E-state index contributed by atoms with van der Waals surface area (Å²) in [5.41, 5.74) is 7.26. The van der Waals surface area contributed by atoms with Gasteiger partial charge in [0.25, 0.3) is 0 Å². The van der Waals surface area contributed by atoms with Crippen molar-refractivity contribution in [2.45, 2.75) is 0 Å². The standard InChI is InChI=1S/C16H15FN6O2S/c17-10-3-1-9(2-4-10)13-19-11-12(20-15(18)21-14(11)26-13)22-5-7-23(8-6-22)16(24)25/h1-4H,5-8H2,(H,24,25)(H2,18,20,21). The van der Waals surface area contributed by atoms with E-state index in [1.165, 1.54) is 28.4 Å². The fourth-order valence-electron chi connectivity index (χ4n) is 2.87. The van der Waals surface area contributed by atoms with E-state index in [4.69, 9.17) is 10.8 Å². The van der Waals surface area contributed by atoms with E-state index in [-0.39, 0.29) is 11.8 Å². The van der Waals surface area contributed by atoms with Gasteiger partial charge in [0.1, 0.15) is 16.3 Å². The number of hydrogen-bond acceptors (Lipinski definition) is 7. The second kappa shape index (κ2) is 6.37. The molecule has 1 amide bonds. The van der Waals surface area contributed by atoms with Gasteiger partial charge in [0.2, 0.25) is 5.95 Å². The normalized spacial score (nSPS) is 14.8. The molecule has 0 aliphatic carbocycles. The molecule has 1 fully saturated rings. The Morgan fingerprint density at radius 1 is 1.12 bits per heavy atom. The number of rotatable bonds is 2. The number of nitrogen functional groups attached to an aromatic ring is 1. The van der Waals surface area contributed by atoms with E-state index in [9.17, 15) is 9.18 Å². The molecule has 3 aromatic rings. The van der Waals surface area contributed by atoms with Crippen LogP contribution in [0, 0.1) is 5.82 Å². The highest BCUT2D eigenvalue weighted by molar-refractivity contribution is 7.21. The van der Waals surface area contributed by atoms with Crippen LogP contribution in [0.4, 0.5) is 21.0 Å². The minimum absolute atomic E-state index is 0.141. The van der Waals surface area contributed by atoms with Gasteiger partial charge in [-0.3, -0.25) is 0 Å². The Balaban J connectivity index is 1.71. The van der Waals surface area contributed by atoms with Crippen LogP contribution in [0.3, 0.4) is 0 Å². The first-order chi connectivity index (χ1) is 12.5. The summed E-state index contributed by atoms with van der Waals surface area (Å²) >= 11 is 1.36. The third kappa shape index (κ3) is 2.99. The van der Waals surface area contributed by atoms with Crippen molar-refractivity contribution in [3.8, 4) is 10.6 Å². The largest absolute Gasteiger partial charge is 0.465 e. The monoisotopic (exact) mass is 374 g/mol. The van der Waals surface area contributed by atoms with Crippen LogP contribution in [0.5, 0.6) is 0 Å². The van der Waals surface area contributed by atoms with Crippen LogP contribution in [0.15, 0.2) is 24.3 Å². The molecule has 3 heterocycles. The molecule has 0 unspecified atom stereocenters. The molecule has 1 aliphatic rings. The smallest absolute Gasteiger partial charge is 0.407 e. The van der Waals surface area contributed by atoms with Crippen molar-refractivity contribution in [3.05, 3.63) is 30.1 Å². The maximum atomic E-state index is 13.1. The van der Waals surface area contributed by atoms with Crippen molar-refractivity contribution in [3.63, 3.8) is 0 Å². The lowest BCUT2D eigenvalue weighted by Gasteiger charge is -2.33. The van der Waals surface area contributed by atoms with Gasteiger partial charge in [0.05, 0.1) is 0 Å². The van der Waals surface area contributed by atoms with E-state index in [0.717, 1.165) is 5.56 Å². The third-order valence-corrected chi connectivity index (χ3v) is 5.20. The number of halogens is 1. The highest BCUT2D eigenvalue weighted by Gasteiger charge is 2.24. The average Bonchev–Trinajstić information content (AvgIpc) is 3.05. The fourth-order valence-corrected chi connectivity index (χ4v) is 3.82. The van der Waals surface area contributed by atoms with E-state index >= 15 is 0 Å². The number of carboxylic acid groups (broad SMARTS) is 1.